The number of carbonyl (C=O) groups is 1. The highest BCUT2D eigenvalue weighted by Crippen LogP contribution is 2.25. The number of nitrogens with zero attached hydrogens (tertiary/aromatic N) is 5. The Kier molecular flexibility index (Phi) is 6.98. The third-order valence-corrected chi connectivity index (χ3v) is 5.54. The van der Waals surface area contributed by atoms with Crippen molar-refractivity contribution in [1.29, 1.82) is 0 Å². The first kappa shape index (κ1) is 22.4. The summed E-state index contributed by atoms with van der Waals surface area (Å²) in [4.78, 5) is 29.0. The predicted molar refractivity (Wildman–Crippen MR) is 114 cm³/mol. The van der Waals surface area contributed by atoms with Gasteiger partial charge in [-0.05, 0) is 23.8 Å². The van der Waals surface area contributed by atoms with Gasteiger partial charge in [0.25, 0.3) is 5.91 Å². The number of hydrogen-bond acceptors (Lipinski definition) is 9. The zero-order valence-electron chi connectivity index (χ0n) is 16.7. The van der Waals surface area contributed by atoms with Crippen LogP contribution in [0.2, 0.25) is 5.02 Å². The zero-order valence-corrected chi connectivity index (χ0v) is 18.3. The van der Waals surface area contributed by atoms with Crippen molar-refractivity contribution in [2.45, 2.75) is 13.1 Å². The van der Waals surface area contributed by atoms with Crippen LogP contribution in [0.5, 0.6) is 5.75 Å². The monoisotopic (exact) mass is 462 g/mol. The molecule has 1 aromatic carbocycles. The number of hydrogen-bond donors (Lipinski definition) is 1. The van der Waals surface area contributed by atoms with Crippen molar-refractivity contribution in [3.05, 3.63) is 71.2 Å². The van der Waals surface area contributed by atoms with Crippen molar-refractivity contribution in [2.24, 2.45) is 0 Å². The largest absolute Gasteiger partial charge is 0.495 e. The van der Waals surface area contributed by atoms with Gasteiger partial charge in [0.05, 0.1) is 24.9 Å². The molecule has 0 atom stereocenters. The van der Waals surface area contributed by atoms with E-state index in [0.29, 0.717) is 15.1 Å². The van der Waals surface area contributed by atoms with E-state index in [1.54, 1.807) is 24.3 Å². The van der Waals surface area contributed by atoms with E-state index >= 15 is 0 Å². The second kappa shape index (κ2) is 9.67. The lowest BCUT2D eigenvalue weighted by molar-refractivity contribution is 0.0853. The summed E-state index contributed by atoms with van der Waals surface area (Å²) >= 11 is 6.14. The third kappa shape index (κ3) is 5.64. The molecule has 0 aliphatic rings. The van der Waals surface area contributed by atoms with E-state index in [4.69, 9.17) is 16.3 Å². The lowest BCUT2D eigenvalue weighted by Gasteiger charge is -2.20. The number of amides is 1. The van der Waals surface area contributed by atoms with Gasteiger partial charge >= 0.3 is 0 Å². The minimum absolute atomic E-state index is 0.0107. The summed E-state index contributed by atoms with van der Waals surface area (Å²) in [6.45, 7) is -0.0391. The lowest BCUT2D eigenvalue weighted by atomic mass is 10.2. The normalized spacial score (nSPS) is 11.1. The van der Waals surface area contributed by atoms with Gasteiger partial charge in [0.2, 0.25) is 10.0 Å². The first-order chi connectivity index (χ1) is 14.8. The van der Waals surface area contributed by atoms with Crippen LogP contribution in [0, 0.1) is 0 Å². The Morgan fingerprint density at radius 2 is 1.97 bits per heavy atom. The van der Waals surface area contributed by atoms with E-state index in [0.717, 1.165) is 11.8 Å². The van der Waals surface area contributed by atoms with Crippen LogP contribution in [0.25, 0.3) is 0 Å². The van der Waals surface area contributed by atoms with E-state index in [-0.39, 0.29) is 30.3 Å². The maximum Gasteiger partial charge on any atom is 0.273 e. The topological polar surface area (TPSA) is 127 Å². The van der Waals surface area contributed by atoms with Gasteiger partial charge in [-0.1, -0.05) is 17.7 Å². The maximum atomic E-state index is 13.1. The number of nitrogens with one attached hydrogen (secondary N) is 1. The Morgan fingerprint density at radius 3 is 2.61 bits per heavy atom. The molecule has 0 saturated heterocycles. The Hall–Kier alpha value is -3.31. The number of carbonyl (C=O) groups excluding carboxylic acids is 1. The molecule has 0 unspecified atom stereocenters. The second-order valence-corrected chi connectivity index (χ2v) is 8.66. The highest BCUT2D eigenvalue weighted by molar-refractivity contribution is 7.88. The second-order valence-electron chi connectivity index (χ2n) is 6.35. The number of benzene rings is 1. The maximum absolute atomic E-state index is 13.1. The third-order valence-electron chi connectivity index (χ3n) is 4.15. The number of ether oxygens (including phenoxy) is 1. The van der Waals surface area contributed by atoms with Crippen LogP contribution in [0.4, 0.5) is 5.82 Å². The van der Waals surface area contributed by atoms with Crippen molar-refractivity contribution in [3.63, 3.8) is 0 Å². The van der Waals surface area contributed by atoms with Crippen LogP contribution in [-0.4, -0.2) is 51.9 Å². The van der Waals surface area contributed by atoms with E-state index in [2.05, 4.69) is 25.3 Å². The van der Waals surface area contributed by atoms with Crippen LogP contribution in [-0.2, 0) is 23.1 Å². The molecule has 0 radical (unpaired) electrons. The Morgan fingerprint density at radius 1 is 1.23 bits per heavy atom. The molecule has 0 fully saturated rings. The van der Waals surface area contributed by atoms with Gasteiger partial charge in [-0.2, -0.15) is 0 Å². The molecular formula is C19H19ClN6O4S. The van der Waals surface area contributed by atoms with Crippen LogP contribution >= 0.6 is 11.6 Å². The fraction of sp³-hybridized carbons (Fsp3) is 0.211. The Balaban J connectivity index is 1.85. The van der Waals surface area contributed by atoms with Crippen molar-refractivity contribution in [3.8, 4) is 5.75 Å². The number of rotatable bonds is 8. The number of methoxy groups -OCH3 is 1. The molecule has 3 rings (SSSR count). The fourth-order valence-corrected chi connectivity index (χ4v) is 3.68. The fourth-order valence-electron chi connectivity index (χ4n) is 2.65. The molecule has 3 aromatic rings. The molecular weight excluding hydrogens is 444 g/mol. The molecule has 0 bridgehead atoms. The van der Waals surface area contributed by atoms with Crippen molar-refractivity contribution >= 4 is 33.3 Å². The van der Waals surface area contributed by atoms with E-state index in [1.807, 2.05) is 0 Å². The standard InChI is InChI=1S/C19H19ClN6O4S/c1-30-16-5-4-13(8-15(16)20)9-24-18-14(10-21-12-25-18)19(27)26(31(2,28)29)11-17-22-6-3-7-23-17/h3-8,10,12H,9,11H2,1-2H3,(H,21,24,25). The number of halogens is 1. The summed E-state index contributed by atoms with van der Waals surface area (Å²) in [5, 5.41) is 3.46. The molecule has 1 N–H and O–H groups in total. The summed E-state index contributed by atoms with van der Waals surface area (Å²) < 4.78 is 30.4. The summed E-state index contributed by atoms with van der Waals surface area (Å²) in [6, 6.07) is 6.83. The smallest absolute Gasteiger partial charge is 0.273 e. The van der Waals surface area contributed by atoms with Gasteiger partial charge in [-0.15, -0.1) is 0 Å². The summed E-state index contributed by atoms with van der Waals surface area (Å²) in [5.74, 6) is 0.0936. The molecule has 0 aliphatic heterocycles. The van der Waals surface area contributed by atoms with Crippen molar-refractivity contribution in [2.75, 3.05) is 18.7 Å². The minimum Gasteiger partial charge on any atom is -0.495 e. The van der Waals surface area contributed by atoms with Crippen LogP contribution < -0.4 is 10.1 Å². The van der Waals surface area contributed by atoms with E-state index < -0.39 is 15.9 Å². The lowest BCUT2D eigenvalue weighted by Crippen LogP contribution is -2.36. The highest BCUT2D eigenvalue weighted by Gasteiger charge is 2.28. The van der Waals surface area contributed by atoms with Gasteiger partial charge in [-0.3, -0.25) is 4.79 Å². The zero-order chi connectivity index (χ0) is 22.4. The molecule has 1 amide bonds. The molecule has 31 heavy (non-hydrogen) atoms. The molecule has 12 heteroatoms. The van der Waals surface area contributed by atoms with Gasteiger partial charge in [-0.25, -0.2) is 32.7 Å². The van der Waals surface area contributed by atoms with Crippen LogP contribution in [0.15, 0.2) is 49.2 Å². The Bertz CT molecular complexity index is 1180. The number of sulfonamides is 1. The van der Waals surface area contributed by atoms with Gasteiger partial charge in [0.15, 0.2) is 0 Å². The minimum atomic E-state index is -3.92. The Labute approximate surface area is 184 Å². The van der Waals surface area contributed by atoms with E-state index in [1.165, 1.54) is 32.0 Å². The average Bonchev–Trinajstić information content (AvgIpc) is 2.76. The number of anilines is 1. The molecule has 10 nitrogen and oxygen atoms in total. The van der Waals surface area contributed by atoms with Gasteiger partial charge in [0.1, 0.15) is 29.3 Å². The molecule has 162 valence electrons. The SMILES string of the molecule is COc1ccc(CNc2ncncc2C(=O)N(Cc2ncccn2)S(C)(=O)=O)cc1Cl. The highest BCUT2D eigenvalue weighted by atomic mass is 35.5. The average molecular weight is 463 g/mol. The molecule has 2 heterocycles. The van der Waals surface area contributed by atoms with Crippen LogP contribution in [0.1, 0.15) is 21.7 Å². The number of aromatic nitrogens is 4. The first-order valence-corrected chi connectivity index (χ1v) is 11.2. The molecule has 2 aromatic heterocycles. The predicted octanol–water partition coefficient (Wildman–Crippen LogP) is 2.14. The summed E-state index contributed by atoms with van der Waals surface area (Å²) in [5.41, 5.74) is 0.795. The molecule has 0 aliphatic carbocycles. The summed E-state index contributed by atoms with van der Waals surface area (Å²) in [6.07, 6.45) is 6.37. The van der Waals surface area contributed by atoms with Gasteiger partial charge in [0, 0.05) is 25.1 Å². The first-order valence-electron chi connectivity index (χ1n) is 8.94. The summed E-state index contributed by atoms with van der Waals surface area (Å²) in [7, 11) is -2.40. The van der Waals surface area contributed by atoms with Gasteiger partial charge < -0.3 is 10.1 Å². The van der Waals surface area contributed by atoms with E-state index in [9.17, 15) is 13.2 Å². The van der Waals surface area contributed by atoms with Crippen molar-refractivity contribution in [1.82, 2.24) is 24.2 Å². The van der Waals surface area contributed by atoms with Crippen molar-refractivity contribution < 1.29 is 17.9 Å². The molecule has 0 spiro atoms. The quantitative estimate of drug-likeness (QED) is 0.535. The van der Waals surface area contributed by atoms with Crippen LogP contribution in [0.3, 0.4) is 0 Å². The molecule has 0 saturated carbocycles.